The van der Waals surface area contributed by atoms with Gasteiger partial charge in [-0.1, -0.05) is 18.2 Å². The molecule has 3 nitrogen and oxygen atoms in total. The molecule has 0 atom stereocenters. The van der Waals surface area contributed by atoms with E-state index < -0.39 is 12.1 Å². The lowest BCUT2D eigenvalue weighted by Gasteiger charge is -2.30. The van der Waals surface area contributed by atoms with Crippen molar-refractivity contribution in [3.05, 3.63) is 30.3 Å². The smallest absolute Gasteiger partial charge is 0.376 e. The Balaban J connectivity index is 1.70. The van der Waals surface area contributed by atoms with Crippen LogP contribution in [0.25, 0.3) is 0 Å². The summed E-state index contributed by atoms with van der Waals surface area (Å²) in [5, 5.41) is 5.77. The van der Waals surface area contributed by atoms with Gasteiger partial charge in [0.25, 0.3) is 0 Å². The summed E-state index contributed by atoms with van der Waals surface area (Å²) in [7, 11) is 0. The first-order valence-corrected chi connectivity index (χ1v) is 7.10. The number of amides is 1. The normalized spacial score (nSPS) is 22.6. The van der Waals surface area contributed by atoms with Gasteiger partial charge in [0, 0.05) is 11.7 Å². The minimum Gasteiger partial charge on any atom is -0.376 e. The fourth-order valence-corrected chi connectivity index (χ4v) is 2.58. The number of hydrogen-bond donors (Lipinski definition) is 2. The highest BCUT2D eigenvalue weighted by Gasteiger charge is 2.41. The predicted molar refractivity (Wildman–Crippen MR) is 74.9 cm³/mol. The van der Waals surface area contributed by atoms with Crippen LogP contribution in [0.2, 0.25) is 0 Å². The zero-order valence-electron chi connectivity index (χ0n) is 11.6. The molecule has 6 heteroatoms. The molecule has 1 saturated carbocycles. The summed E-state index contributed by atoms with van der Waals surface area (Å²) in [5.41, 5.74) is 0.841. The van der Waals surface area contributed by atoms with Crippen LogP contribution in [-0.4, -0.2) is 24.7 Å². The van der Waals surface area contributed by atoms with Crippen LogP contribution in [0.1, 0.15) is 25.7 Å². The molecular weight excluding hydrogens is 281 g/mol. The van der Waals surface area contributed by atoms with Gasteiger partial charge in [-0.2, -0.15) is 13.2 Å². The molecule has 0 spiro atoms. The van der Waals surface area contributed by atoms with Crippen molar-refractivity contribution in [3.8, 4) is 0 Å². The highest BCUT2D eigenvalue weighted by molar-refractivity contribution is 5.80. The van der Waals surface area contributed by atoms with E-state index in [0.29, 0.717) is 12.8 Å². The van der Waals surface area contributed by atoms with E-state index in [1.165, 1.54) is 0 Å². The van der Waals surface area contributed by atoms with Crippen LogP contribution in [0, 0.1) is 5.92 Å². The number of benzene rings is 1. The number of carbonyl (C=O) groups is 1. The van der Waals surface area contributed by atoms with Crippen LogP contribution in [0.3, 0.4) is 0 Å². The maximum absolute atomic E-state index is 12.5. The van der Waals surface area contributed by atoms with Gasteiger partial charge >= 0.3 is 6.18 Å². The third-order valence-electron chi connectivity index (χ3n) is 3.78. The number of nitrogens with one attached hydrogen (secondary N) is 2. The van der Waals surface area contributed by atoms with E-state index >= 15 is 0 Å². The molecule has 0 saturated heterocycles. The van der Waals surface area contributed by atoms with Crippen molar-refractivity contribution in [3.63, 3.8) is 0 Å². The Morgan fingerprint density at radius 1 is 1.10 bits per heavy atom. The molecule has 0 bridgehead atoms. The lowest BCUT2D eigenvalue weighted by Crippen LogP contribution is -2.42. The largest absolute Gasteiger partial charge is 0.391 e. The van der Waals surface area contributed by atoms with E-state index in [0.717, 1.165) is 5.69 Å². The minimum absolute atomic E-state index is 0.0978. The Kier molecular flexibility index (Phi) is 5.09. The van der Waals surface area contributed by atoms with Crippen molar-refractivity contribution in [1.82, 2.24) is 5.32 Å². The molecule has 0 heterocycles. The average Bonchev–Trinajstić information content (AvgIpc) is 2.46. The van der Waals surface area contributed by atoms with Crippen molar-refractivity contribution in [2.75, 3.05) is 11.9 Å². The molecule has 1 aromatic carbocycles. The molecule has 1 aromatic rings. The first kappa shape index (κ1) is 15.7. The van der Waals surface area contributed by atoms with Gasteiger partial charge in [0.1, 0.15) is 0 Å². The van der Waals surface area contributed by atoms with Crippen molar-refractivity contribution >= 4 is 11.6 Å². The number of rotatable bonds is 4. The Labute approximate surface area is 121 Å². The van der Waals surface area contributed by atoms with Crippen LogP contribution < -0.4 is 10.6 Å². The number of para-hydroxylation sites is 1. The predicted octanol–water partition coefficient (Wildman–Crippen LogP) is 3.34. The zero-order chi connectivity index (χ0) is 15.3. The third-order valence-corrected chi connectivity index (χ3v) is 3.78. The SMILES string of the molecule is O=C(CNc1ccccc1)NC1CCC(C(F)(F)F)CC1. The number of anilines is 1. The summed E-state index contributed by atoms with van der Waals surface area (Å²) in [6.07, 6.45) is -3.13. The molecule has 1 aliphatic carbocycles. The number of hydrogen-bond acceptors (Lipinski definition) is 2. The standard InChI is InChI=1S/C15H19F3N2O/c16-15(17,18)11-6-8-13(9-7-11)20-14(21)10-19-12-4-2-1-3-5-12/h1-5,11,13,19H,6-10H2,(H,20,21). The lowest BCUT2D eigenvalue weighted by atomic mass is 9.85. The number of carbonyl (C=O) groups excluding carboxylic acids is 1. The monoisotopic (exact) mass is 300 g/mol. The van der Waals surface area contributed by atoms with Crippen molar-refractivity contribution in [1.29, 1.82) is 0 Å². The second-order valence-corrected chi connectivity index (χ2v) is 5.38. The maximum atomic E-state index is 12.5. The van der Waals surface area contributed by atoms with Gasteiger partial charge in [-0.25, -0.2) is 0 Å². The quantitative estimate of drug-likeness (QED) is 0.895. The molecule has 1 fully saturated rings. The van der Waals surface area contributed by atoms with Gasteiger partial charge in [-0.05, 0) is 37.8 Å². The summed E-state index contributed by atoms with van der Waals surface area (Å²) in [6.45, 7) is 0.128. The number of halogens is 3. The van der Waals surface area contributed by atoms with E-state index in [1.54, 1.807) is 0 Å². The van der Waals surface area contributed by atoms with Gasteiger partial charge in [0.05, 0.1) is 12.5 Å². The third kappa shape index (κ3) is 4.95. The van der Waals surface area contributed by atoms with E-state index in [4.69, 9.17) is 0 Å². The molecule has 1 amide bonds. The summed E-state index contributed by atoms with van der Waals surface area (Å²) in [5.74, 6) is -1.40. The summed E-state index contributed by atoms with van der Waals surface area (Å²) in [4.78, 5) is 11.8. The molecule has 1 aliphatic rings. The highest BCUT2D eigenvalue weighted by atomic mass is 19.4. The molecule has 21 heavy (non-hydrogen) atoms. The molecule has 0 aromatic heterocycles. The fraction of sp³-hybridized carbons (Fsp3) is 0.533. The zero-order valence-corrected chi connectivity index (χ0v) is 11.6. The van der Waals surface area contributed by atoms with Gasteiger partial charge in [0.2, 0.25) is 5.91 Å². The lowest BCUT2D eigenvalue weighted by molar-refractivity contribution is -0.182. The Morgan fingerprint density at radius 2 is 1.71 bits per heavy atom. The molecule has 0 unspecified atom stereocenters. The van der Waals surface area contributed by atoms with E-state index in [9.17, 15) is 18.0 Å². The second-order valence-electron chi connectivity index (χ2n) is 5.38. The average molecular weight is 300 g/mol. The molecule has 0 aliphatic heterocycles. The second kappa shape index (κ2) is 6.83. The van der Waals surface area contributed by atoms with Gasteiger partial charge < -0.3 is 10.6 Å². The molecule has 0 radical (unpaired) electrons. The molecular formula is C15H19F3N2O. The van der Waals surface area contributed by atoms with Crippen LogP contribution in [0.5, 0.6) is 0 Å². The summed E-state index contributed by atoms with van der Waals surface area (Å²) < 4.78 is 37.6. The number of alkyl halides is 3. The molecule has 116 valence electrons. The van der Waals surface area contributed by atoms with Gasteiger partial charge in [-0.3, -0.25) is 4.79 Å². The van der Waals surface area contributed by atoms with E-state index in [-0.39, 0.29) is 31.3 Å². The van der Waals surface area contributed by atoms with Crippen LogP contribution in [0.4, 0.5) is 18.9 Å². The van der Waals surface area contributed by atoms with Crippen molar-refractivity contribution in [2.24, 2.45) is 5.92 Å². The van der Waals surface area contributed by atoms with Gasteiger partial charge in [0.15, 0.2) is 0 Å². The van der Waals surface area contributed by atoms with Crippen LogP contribution >= 0.6 is 0 Å². The van der Waals surface area contributed by atoms with Crippen molar-refractivity contribution < 1.29 is 18.0 Å². The van der Waals surface area contributed by atoms with Crippen molar-refractivity contribution in [2.45, 2.75) is 37.9 Å². The Hall–Kier alpha value is -1.72. The molecule has 2 rings (SSSR count). The first-order valence-electron chi connectivity index (χ1n) is 7.10. The molecule has 2 N–H and O–H groups in total. The van der Waals surface area contributed by atoms with Gasteiger partial charge in [-0.15, -0.1) is 0 Å². The van der Waals surface area contributed by atoms with Crippen LogP contribution in [0.15, 0.2) is 30.3 Å². The fourth-order valence-electron chi connectivity index (χ4n) is 2.58. The highest BCUT2D eigenvalue weighted by Crippen LogP contribution is 2.37. The van der Waals surface area contributed by atoms with E-state index in [2.05, 4.69) is 10.6 Å². The van der Waals surface area contributed by atoms with Crippen LogP contribution in [-0.2, 0) is 4.79 Å². The first-order chi connectivity index (χ1) is 9.95. The summed E-state index contributed by atoms with van der Waals surface area (Å²) in [6, 6.07) is 9.15. The Bertz CT molecular complexity index is 454. The minimum atomic E-state index is -4.11. The van der Waals surface area contributed by atoms with E-state index in [1.807, 2.05) is 30.3 Å². The maximum Gasteiger partial charge on any atom is 0.391 e. The summed E-state index contributed by atoms with van der Waals surface area (Å²) >= 11 is 0. The topological polar surface area (TPSA) is 41.1 Å². The Morgan fingerprint density at radius 3 is 2.29 bits per heavy atom.